The maximum Gasteiger partial charge on any atom is 0.221 e. The Labute approximate surface area is 218 Å². The van der Waals surface area contributed by atoms with Crippen molar-refractivity contribution in [2.45, 2.75) is 66.7 Å². The van der Waals surface area contributed by atoms with Crippen LogP contribution in [0.2, 0.25) is 0 Å². The van der Waals surface area contributed by atoms with Crippen molar-refractivity contribution in [1.82, 2.24) is 0 Å². The fourth-order valence-corrected chi connectivity index (χ4v) is 4.49. The maximum absolute atomic E-state index is 8.34. The summed E-state index contributed by atoms with van der Waals surface area (Å²) < 4.78 is 5.56. The molecule has 0 saturated heterocycles. The highest BCUT2D eigenvalue weighted by Crippen LogP contribution is 2.27. The lowest BCUT2D eigenvalue weighted by molar-refractivity contribution is 0.315. The van der Waals surface area contributed by atoms with Crippen LogP contribution >= 0.6 is 0 Å². The minimum atomic E-state index is -0.0216. The molecule has 0 amide bonds. The summed E-state index contributed by atoms with van der Waals surface area (Å²) in [5, 5.41) is 16.6. The average molecular weight is 483 g/mol. The van der Waals surface area contributed by atoms with Crippen LogP contribution < -0.4 is 0 Å². The number of nitrogens with one attached hydrogen (secondary N) is 2. The van der Waals surface area contributed by atoms with Crippen molar-refractivity contribution in [2.75, 3.05) is 0 Å². The van der Waals surface area contributed by atoms with Gasteiger partial charge in [0.15, 0.2) is 0 Å². The van der Waals surface area contributed by atoms with Crippen LogP contribution in [0, 0.1) is 28.6 Å². The van der Waals surface area contributed by atoms with E-state index in [-0.39, 0.29) is 17.2 Å². The molecule has 0 aliphatic heterocycles. The number of hydrogen-bond donors (Lipinski definition) is 2. The van der Waals surface area contributed by atoms with Gasteiger partial charge in [0.05, 0.1) is 0 Å². The summed E-state index contributed by atoms with van der Waals surface area (Å²) in [6.45, 7) is 15.7. The number of ether oxygens (including phenoxy) is 1. The molecule has 1 unspecified atom stereocenters. The van der Waals surface area contributed by atoms with Gasteiger partial charge >= 0.3 is 0 Å². The molecule has 3 aromatic rings. The van der Waals surface area contributed by atoms with Gasteiger partial charge in [-0.15, -0.1) is 0 Å². The summed E-state index contributed by atoms with van der Waals surface area (Å²) in [6, 6.07) is 24.5. The van der Waals surface area contributed by atoms with Crippen LogP contribution in [0.3, 0.4) is 0 Å². The average Bonchev–Trinajstić information content (AvgIpc) is 2.83. The normalized spacial score (nSPS) is 12.6. The fraction of sp³-hybridized carbons (Fsp3) is 0.394. The first kappa shape index (κ1) is 27.4. The van der Waals surface area contributed by atoms with E-state index in [0.29, 0.717) is 23.0 Å². The molecular formula is C33H42N2O. The summed E-state index contributed by atoms with van der Waals surface area (Å²) >= 11 is 0. The predicted octanol–water partition coefficient (Wildman–Crippen LogP) is 8.88. The molecule has 3 heteroatoms. The smallest absolute Gasteiger partial charge is 0.221 e. The molecule has 3 nitrogen and oxygen atoms in total. The van der Waals surface area contributed by atoms with E-state index in [1.807, 2.05) is 48.5 Å². The van der Waals surface area contributed by atoms with Gasteiger partial charge in [0.1, 0.15) is 0 Å². The molecule has 0 heterocycles. The SMILES string of the molecule is CC(C)CC(Cc1ccc(-c2ccc(C(=N)OC(=N)c3ccc(C(C)(C)C)cc3)cc2)cc1)C(C)C. The van der Waals surface area contributed by atoms with Crippen molar-refractivity contribution < 1.29 is 4.74 Å². The zero-order chi connectivity index (χ0) is 26.5. The molecule has 36 heavy (non-hydrogen) atoms. The minimum absolute atomic E-state index is 0.0164. The van der Waals surface area contributed by atoms with E-state index in [0.717, 1.165) is 23.5 Å². The Bertz CT molecular complexity index is 1150. The molecule has 0 radical (unpaired) electrons. The Hall–Kier alpha value is -3.20. The molecule has 1 atom stereocenters. The lowest BCUT2D eigenvalue weighted by atomic mass is 9.83. The van der Waals surface area contributed by atoms with E-state index in [1.54, 1.807) is 0 Å². The lowest BCUT2D eigenvalue weighted by Crippen LogP contribution is -2.14. The molecule has 0 fully saturated rings. The molecule has 0 bridgehead atoms. The molecule has 3 aromatic carbocycles. The van der Waals surface area contributed by atoms with Crippen LogP contribution in [0.15, 0.2) is 72.8 Å². The highest BCUT2D eigenvalue weighted by Gasteiger charge is 2.17. The van der Waals surface area contributed by atoms with Crippen molar-refractivity contribution in [1.29, 1.82) is 10.8 Å². The van der Waals surface area contributed by atoms with Gasteiger partial charge in [0.2, 0.25) is 11.8 Å². The molecule has 2 N–H and O–H groups in total. The number of rotatable bonds is 8. The first-order chi connectivity index (χ1) is 16.9. The third-order valence-electron chi connectivity index (χ3n) is 6.87. The van der Waals surface area contributed by atoms with Crippen LogP contribution in [0.5, 0.6) is 0 Å². The lowest BCUT2D eigenvalue weighted by Gasteiger charge is -2.23. The van der Waals surface area contributed by atoms with E-state index >= 15 is 0 Å². The van der Waals surface area contributed by atoms with Gasteiger partial charge in [-0.2, -0.15) is 0 Å². The van der Waals surface area contributed by atoms with Gasteiger partial charge in [-0.3, -0.25) is 10.8 Å². The largest absolute Gasteiger partial charge is 0.421 e. The minimum Gasteiger partial charge on any atom is -0.421 e. The fourth-order valence-electron chi connectivity index (χ4n) is 4.49. The third-order valence-corrected chi connectivity index (χ3v) is 6.87. The summed E-state index contributed by atoms with van der Waals surface area (Å²) in [7, 11) is 0. The van der Waals surface area contributed by atoms with Crippen LogP contribution in [0.4, 0.5) is 0 Å². The van der Waals surface area contributed by atoms with Crippen LogP contribution in [-0.2, 0) is 16.6 Å². The quantitative estimate of drug-likeness (QED) is 0.244. The molecule has 3 rings (SSSR count). The molecule has 0 aliphatic carbocycles. The van der Waals surface area contributed by atoms with Crippen molar-refractivity contribution in [3.8, 4) is 11.1 Å². The van der Waals surface area contributed by atoms with Crippen molar-refractivity contribution >= 4 is 11.8 Å². The number of hydrogen-bond acceptors (Lipinski definition) is 3. The second-order valence-corrected chi connectivity index (χ2v) is 11.7. The van der Waals surface area contributed by atoms with Gasteiger partial charge in [0, 0.05) is 11.1 Å². The standard InChI is InChI=1S/C33H42N2O/c1-22(2)20-29(23(3)4)21-24-8-10-25(11-9-24)26-12-14-27(15-13-26)31(34)36-32(35)28-16-18-30(19-17-28)33(5,6)7/h8-19,22-23,29,34-35H,20-21H2,1-7H3. The Kier molecular flexibility index (Phi) is 8.89. The second-order valence-electron chi connectivity index (χ2n) is 11.7. The van der Waals surface area contributed by atoms with Gasteiger partial charge in [0.25, 0.3) is 0 Å². The van der Waals surface area contributed by atoms with E-state index in [2.05, 4.69) is 72.7 Å². The van der Waals surface area contributed by atoms with Crippen molar-refractivity contribution in [3.63, 3.8) is 0 Å². The van der Waals surface area contributed by atoms with Gasteiger partial charge in [-0.25, -0.2) is 0 Å². The summed E-state index contributed by atoms with van der Waals surface area (Å²) in [5.74, 6) is 2.07. The van der Waals surface area contributed by atoms with Crippen molar-refractivity contribution in [2.24, 2.45) is 17.8 Å². The molecular weight excluding hydrogens is 440 g/mol. The van der Waals surface area contributed by atoms with Gasteiger partial charge < -0.3 is 4.74 Å². The second kappa shape index (κ2) is 11.7. The zero-order valence-electron chi connectivity index (χ0n) is 23.0. The Morgan fingerprint density at radius 2 is 1.14 bits per heavy atom. The first-order valence-electron chi connectivity index (χ1n) is 13.1. The zero-order valence-corrected chi connectivity index (χ0v) is 23.0. The van der Waals surface area contributed by atoms with E-state index in [4.69, 9.17) is 15.6 Å². The van der Waals surface area contributed by atoms with Crippen LogP contribution in [-0.4, -0.2) is 11.8 Å². The topological polar surface area (TPSA) is 56.9 Å². The third kappa shape index (κ3) is 7.40. The van der Waals surface area contributed by atoms with Crippen molar-refractivity contribution in [3.05, 3.63) is 95.1 Å². The molecule has 190 valence electrons. The van der Waals surface area contributed by atoms with E-state index < -0.39 is 0 Å². The molecule has 0 saturated carbocycles. The van der Waals surface area contributed by atoms with Crippen LogP contribution in [0.1, 0.15) is 77.1 Å². The summed E-state index contributed by atoms with van der Waals surface area (Å²) in [5.41, 5.74) is 6.23. The highest BCUT2D eigenvalue weighted by atomic mass is 16.5. The van der Waals surface area contributed by atoms with Gasteiger partial charge in [-0.1, -0.05) is 97.0 Å². The van der Waals surface area contributed by atoms with Crippen LogP contribution in [0.25, 0.3) is 11.1 Å². The summed E-state index contributed by atoms with van der Waals surface area (Å²) in [6.07, 6.45) is 2.38. The molecule has 0 spiro atoms. The molecule has 0 aliphatic rings. The highest BCUT2D eigenvalue weighted by molar-refractivity contribution is 6.04. The van der Waals surface area contributed by atoms with Gasteiger partial charge in [-0.05, 0) is 82.5 Å². The van der Waals surface area contributed by atoms with E-state index in [9.17, 15) is 0 Å². The number of benzene rings is 3. The Balaban J connectivity index is 1.63. The summed E-state index contributed by atoms with van der Waals surface area (Å²) in [4.78, 5) is 0. The molecule has 0 aromatic heterocycles. The maximum atomic E-state index is 8.34. The Morgan fingerprint density at radius 3 is 1.56 bits per heavy atom. The van der Waals surface area contributed by atoms with E-state index in [1.165, 1.54) is 17.5 Å². The predicted molar refractivity (Wildman–Crippen MR) is 153 cm³/mol. The first-order valence-corrected chi connectivity index (χ1v) is 13.1. The monoisotopic (exact) mass is 482 g/mol. The Morgan fingerprint density at radius 1 is 0.694 bits per heavy atom.